The van der Waals surface area contributed by atoms with Crippen LogP contribution in [0.5, 0.6) is 0 Å². The number of carboxylic acids is 1. The summed E-state index contributed by atoms with van der Waals surface area (Å²) >= 11 is 0. The molecule has 16 atom stereocenters. The van der Waals surface area contributed by atoms with Gasteiger partial charge in [0.05, 0.1) is 32.0 Å². The van der Waals surface area contributed by atoms with E-state index in [2.05, 4.69) is 5.32 Å². The predicted octanol–water partition coefficient (Wildman–Crippen LogP) is -8.22. The van der Waals surface area contributed by atoms with E-state index in [1.54, 1.807) is 0 Å². The van der Waals surface area contributed by atoms with Crippen LogP contribution in [-0.4, -0.2) is 191 Å². The Morgan fingerprint density at radius 1 is 0.907 bits per heavy atom. The van der Waals surface area contributed by atoms with Gasteiger partial charge in [0.1, 0.15) is 67.1 Å². The molecule has 43 heavy (non-hydrogen) atoms. The molecular formula is C23H39NO19. The highest BCUT2D eigenvalue weighted by atomic mass is 16.8. The molecule has 3 saturated heterocycles. The summed E-state index contributed by atoms with van der Waals surface area (Å²) < 4.78 is 26.8. The van der Waals surface area contributed by atoms with Crippen LogP contribution in [0.2, 0.25) is 0 Å². The fourth-order valence-electron chi connectivity index (χ4n) is 5.16. The molecule has 0 radical (unpaired) electrons. The summed E-state index contributed by atoms with van der Waals surface area (Å²) in [4.78, 5) is 24.3. The number of carboxylic acid groups (broad SMARTS) is 1. The van der Waals surface area contributed by atoms with Gasteiger partial charge in [0.2, 0.25) is 5.91 Å². The molecule has 0 aromatic carbocycles. The van der Waals surface area contributed by atoms with Crippen LogP contribution in [-0.2, 0) is 33.3 Å². The van der Waals surface area contributed by atoms with Gasteiger partial charge >= 0.3 is 5.97 Å². The van der Waals surface area contributed by atoms with Crippen molar-refractivity contribution in [2.45, 2.75) is 111 Å². The fourth-order valence-corrected chi connectivity index (χ4v) is 5.16. The van der Waals surface area contributed by atoms with Crippen molar-refractivity contribution in [3.8, 4) is 0 Å². The minimum Gasteiger partial charge on any atom is -0.477 e. The predicted molar refractivity (Wildman–Crippen MR) is 130 cm³/mol. The number of amides is 1. The van der Waals surface area contributed by atoms with Crippen molar-refractivity contribution in [3.05, 3.63) is 0 Å². The number of hydrogen-bond donors (Lipinski definition) is 13. The van der Waals surface area contributed by atoms with Crippen LogP contribution in [0.25, 0.3) is 0 Å². The minimum absolute atomic E-state index is 0.749. The van der Waals surface area contributed by atoms with Crippen LogP contribution in [0.15, 0.2) is 0 Å². The van der Waals surface area contributed by atoms with Gasteiger partial charge in [0.25, 0.3) is 5.79 Å². The number of carbonyl (C=O) groups is 2. The third-order valence-corrected chi connectivity index (χ3v) is 7.47. The van der Waals surface area contributed by atoms with Crippen LogP contribution in [0.3, 0.4) is 0 Å². The van der Waals surface area contributed by atoms with E-state index in [1.165, 1.54) is 0 Å². The number of aliphatic carboxylic acids is 1. The maximum Gasteiger partial charge on any atom is 0.364 e. The Bertz CT molecular complexity index is 942. The Hall–Kier alpha value is -1.70. The lowest BCUT2D eigenvalue weighted by atomic mass is 9.88. The molecule has 13 N–H and O–H groups in total. The van der Waals surface area contributed by atoms with Gasteiger partial charge in [-0.3, -0.25) is 4.79 Å². The Kier molecular flexibility index (Phi) is 12.1. The van der Waals surface area contributed by atoms with E-state index in [1.807, 2.05) is 0 Å². The molecular weight excluding hydrogens is 594 g/mol. The van der Waals surface area contributed by atoms with Crippen molar-refractivity contribution in [2.24, 2.45) is 0 Å². The van der Waals surface area contributed by atoms with Crippen LogP contribution >= 0.6 is 0 Å². The molecule has 3 aliphatic rings. The van der Waals surface area contributed by atoms with Crippen molar-refractivity contribution >= 4 is 11.9 Å². The molecule has 0 saturated carbocycles. The summed E-state index contributed by atoms with van der Waals surface area (Å²) in [7, 11) is 0. The zero-order valence-electron chi connectivity index (χ0n) is 22.7. The first-order valence-electron chi connectivity index (χ1n) is 13.2. The van der Waals surface area contributed by atoms with Crippen molar-refractivity contribution in [2.75, 3.05) is 19.8 Å². The fraction of sp³-hybridized carbons (Fsp3) is 0.913. The first-order chi connectivity index (χ1) is 20.1. The highest BCUT2D eigenvalue weighted by molar-refractivity contribution is 5.76. The second kappa shape index (κ2) is 14.6. The van der Waals surface area contributed by atoms with Crippen molar-refractivity contribution < 1.29 is 94.6 Å². The highest BCUT2D eigenvalue weighted by Gasteiger charge is 2.60. The van der Waals surface area contributed by atoms with Crippen LogP contribution in [0, 0.1) is 0 Å². The number of aliphatic hydroxyl groups is 11. The molecule has 250 valence electrons. The minimum atomic E-state index is -3.02. The van der Waals surface area contributed by atoms with Gasteiger partial charge in [0, 0.05) is 13.3 Å². The normalized spacial score (nSPS) is 45.3. The number of hydrogen-bond acceptors (Lipinski definition) is 18. The standard InChI is InChI=1S/C23H39NO19/c1-6(28)24-11-7(29)2-23(22(37)38,42-18(11)12(31)8(30)3-25)43-19-13(32)9(4-26)40-21(16(19)35)41-17-10(5-27)39-20(36)15(34)14(17)33/h7-21,25-27,29-36H,2-5H2,1H3,(H,24,28)(H,37,38)/t7-,8+,9+,10+,11+,12+,13+,14+,15+,16-,17+,18+,19-,20+,21-,23-/m0/s1. The lowest BCUT2D eigenvalue weighted by molar-refractivity contribution is -0.385. The third kappa shape index (κ3) is 7.41. The number of carbonyl (C=O) groups excluding carboxylic acids is 1. The van der Waals surface area contributed by atoms with Crippen molar-refractivity contribution in [3.63, 3.8) is 0 Å². The second-order valence-corrected chi connectivity index (χ2v) is 10.5. The lowest BCUT2D eigenvalue weighted by Gasteiger charge is -2.50. The van der Waals surface area contributed by atoms with E-state index in [9.17, 15) is 70.9 Å². The maximum atomic E-state index is 12.5. The highest BCUT2D eigenvalue weighted by Crippen LogP contribution is 2.38. The van der Waals surface area contributed by atoms with Crippen LogP contribution in [0.4, 0.5) is 0 Å². The number of aliphatic hydroxyl groups excluding tert-OH is 11. The topological polar surface area (TPSA) is 335 Å². The molecule has 0 aliphatic carbocycles. The summed E-state index contributed by atoms with van der Waals surface area (Å²) in [6.07, 6.45) is -27.8. The summed E-state index contributed by atoms with van der Waals surface area (Å²) in [6.45, 7) is -1.85. The quantitative estimate of drug-likeness (QED) is 0.100. The van der Waals surface area contributed by atoms with Gasteiger partial charge in [-0.25, -0.2) is 4.79 Å². The molecule has 1 amide bonds. The van der Waals surface area contributed by atoms with E-state index in [-0.39, 0.29) is 0 Å². The molecule has 3 heterocycles. The molecule has 3 aliphatic heterocycles. The monoisotopic (exact) mass is 633 g/mol. The molecule has 0 aromatic heterocycles. The molecule has 3 fully saturated rings. The Labute approximate surface area is 243 Å². The van der Waals surface area contributed by atoms with E-state index < -0.39 is 136 Å². The molecule has 0 bridgehead atoms. The number of ether oxygens (including phenoxy) is 5. The van der Waals surface area contributed by atoms with E-state index in [0.717, 1.165) is 6.92 Å². The summed E-state index contributed by atoms with van der Waals surface area (Å²) in [5.41, 5.74) is 0. The average molecular weight is 634 g/mol. The SMILES string of the molecule is CC(=O)N[C@H]1[C@H]([C@H](O)[C@H](O)CO)O[C@@](O[C@@H]2[C@H](O)[C@H](O[C@H]3[C@H](O)[C@@H](O)[C@H](O)O[C@@H]3CO)O[C@H](CO)[C@H]2O)(C(=O)O)C[C@@H]1O. The van der Waals surface area contributed by atoms with Gasteiger partial charge in [-0.2, -0.15) is 0 Å². The van der Waals surface area contributed by atoms with Crippen LogP contribution in [0.1, 0.15) is 13.3 Å². The summed E-state index contributed by atoms with van der Waals surface area (Å²) in [5.74, 6) is -5.74. The molecule has 20 nitrogen and oxygen atoms in total. The van der Waals surface area contributed by atoms with E-state index in [4.69, 9.17) is 23.7 Å². The van der Waals surface area contributed by atoms with Crippen molar-refractivity contribution in [1.82, 2.24) is 5.32 Å². The Morgan fingerprint density at radius 3 is 2.07 bits per heavy atom. The lowest BCUT2D eigenvalue weighted by Crippen LogP contribution is -2.70. The number of rotatable bonds is 11. The van der Waals surface area contributed by atoms with E-state index >= 15 is 0 Å². The smallest absolute Gasteiger partial charge is 0.364 e. The van der Waals surface area contributed by atoms with E-state index in [0.29, 0.717) is 0 Å². The molecule has 0 unspecified atom stereocenters. The van der Waals surface area contributed by atoms with Crippen molar-refractivity contribution in [1.29, 1.82) is 0 Å². The third-order valence-electron chi connectivity index (χ3n) is 7.47. The summed E-state index contributed by atoms with van der Waals surface area (Å²) in [6, 6.07) is -1.54. The molecule has 0 aromatic rings. The van der Waals surface area contributed by atoms with Gasteiger partial charge in [-0.15, -0.1) is 0 Å². The average Bonchev–Trinajstić information content (AvgIpc) is 2.96. The molecule has 20 heteroatoms. The van der Waals surface area contributed by atoms with Gasteiger partial charge < -0.3 is 90.3 Å². The largest absolute Gasteiger partial charge is 0.477 e. The van der Waals surface area contributed by atoms with Gasteiger partial charge in [-0.05, 0) is 0 Å². The Balaban J connectivity index is 1.94. The second-order valence-electron chi connectivity index (χ2n) is 10.5. The molecule has 3 rings (SSSR count). The number of nitrogens with one attached hydrogen (secondary N) is 1. The maximum absolute atomic E-state index is 12.5. The first kappa shape index (κ1) is 35.8. The first-order valence-corrected chi connectivity index (χ1v) is 13.2. The van der Waals surface area contributed by atoms with Crippen LogP contribution < -0.4 is 5.32 Å². The Morgan fingerprint density at radius 2 is 1.53 bits per heavy atom. The zero-order valence-corrected chi connectivity index (χ0v) is 22.7. The zero-order chi connectivity index (χ0) is 32.4. The van der Waals surface area contributed by atoms with Gasteiger partial charge in [0.15, 0.2) is 12.6 Å². The van der Waals surface area contributed by atoms with Gasteiger partial charge in [-0.1, -0.05) is 0 Å². The molecule has 0 spiro atoms. The summed E-state index contributed by atoms with van der Waals surface area (Å²) in [5, 5.41) is 124.